The van der Waals surface area contributed by atoms with Crippen LogP contribution in [0.25, 0.3) is 5.65 Å². The van der Waals surface area contributed by atoms with Gasteiger partial charge in [-0.15, -0.1) is 15.3 Å². The number of aliphatic hydroxyl groups is 1. The van der Waals surface area contributed by atoms with Crippen molar-refractivity contribution in [3.63, 3.8) is 0 Å². The monoisotopic (exact) mass is 448 g/mol. The van der Waals surface area contributed by atoms with Gasteiger partial charge in [0.2, 0.25) is 5.91 Å². The molecule has 3 aromatic heterocycles. The molecule has 5 rings (SSSR count). The lowest BCUT2D eigenvalue weighted by atomic mass is 9.77. The Bertz CT molecular complexity index is 1230. The number of methoxy groups -OCH3 is 1. The van der Waals surface area contributed by atoms with Crippen molar-refractivity contribution in [1.29, 1.82) is 5.26 Å². The zero-order chi connectivity index (χ0) is 23.0. The lowest BCUT2D eigenvalue weighted by Crippen LogP contribution is -2.43. The Morgan fingerprint density at radius 3 is 2.91 bits per heavy atom. The van der Waals surface area contributed by atoms with Crippen LogP contribution in [0.5, 0.6) is 5.75 Å². The van der Waals surface area contributed by atoms with Gasteiger partial charge in [-0.2, -0.15) is 9.78 Å². The maximum atomic E-state index is 12.8. The molecule has 11 nitrogen and oxygen atoms in total. The van der Waals surface area contributed by atoms with Crippen LogP contribution in [0.2, 0.25) is 0 Å². The van der Waals surface area contributed by atoms with Gasteiger partial charge in [0.15, 0.2) is 11.5 Å². The third kappa shape index (κ3) is 3.99. The van der Waals surface area contributed by atoms with E-state index in [2.05, 4.69) is 25.2 Å². The Morgan fingerprint density at radius 2 is 2.15 bits per heavy atom. The number of carbonyl (C=O) groups is 1. The number of aliphatic hydroxyl groups excluding tert-OH is 1. The highest BCUT2D eigenvalue weighted by molar-refractivity contribution is 5.95. The highest BCUT2D eigenvalue weighted by atomic mass is 16.5. The smallest absolute Gasteiger partial charge is 0.228 e. The average molecular weight is 448 g/mol. The standard InChI is InChI=1S/C22H24N8O3/c1-33-18-8-16(24-11-15(18)10-23)17(31)12-28-6-4-22(5-7-28)9-21(32)29(13-22)20-3-2-19-26-25-14-30(19)27-20/h2-3,8,11,14,17,31H,4-7,9,12-13H2,1H3/t17-/m1/s1. The molecule has 1 amide bonds. The SMILES string of the molecule is COc1cc([C@H](O)CN2CCC3(CC2)CC(=O)N(c2ccc4nncn4n2)C3)ncc1C#N. The normalized spacial score (nSPS) is 19.2. The molecule has 2 saturated heterocycles. The molecule has 1 N–H and O–H groups in total. The maximum absolute atomic E-state index is 12.8. The van der Waals surface area contributed by atoms with Crippen molar-refractivity contribution in [2.45, 2.75) is 25.4 Å². The first-order valence-electron chi connectivity index (χ1n) is 10.8. The molecule has 2 aliphatic rings. The van der Waals surface area contributed by atoms with Crippen molar-refractivity contribution in [2.24, 2.45) is 5.41 Å². The number of hydrogen-bond acceptors (Lipinski definition) is 9. The quantitative estimate of drug-likeness (QED) is 0.606. The number of aromatic nitrogens is 5. The minimum absolute atomic E-state index is 0.0808. The van der Waals surface area contributed by atoms with E-state index in [-0.39, 0.29) is 11.3 Å². The van der Waals surface area contributed by atoms with Crippen molar-refractivity contribution >= 4 is 17.4 Å². The van der Waals surface area contributed by atoms with Gasteiger partial charge < -0.3 is 14.7 Å². The van der Waals surface area contributed by atoms with Crippen LogP contribution in [0.3, 0.4) is 0 Å². The third-order valence-corrected chi connectivity index (χ3v) is 6.66. The summed E-state index contributed by atoms with van der Waals surface area (Å²) in [7, 11) is 1.49. The molecule has 1 spiro atoms. The van der Waals surface area contributed by atoms with Gasteiger partial charge in [-0.05, 0) is 43.5 Å². The van der Waals surface area contributed by atoms with Gasteiger partial charge in [-0.1, -0.05) is 0 Å². The number of piperidine rings is 1. The van der Waals surface area contributed by atoms with E-state index in [0.717, 1.165) is 25.9 Å². The summed E-state index contributed by atoms with van der Waals surface area (Å²) >= 11 is 0. The number of amides is 1. The third-order valence-electron chi connectivity index (χ3n) is 6.66. The van der Waals surface area contributed by atoms with Crippen LogP contribution in [-0.4, -0.2) is 74.0 Å². The molecule has 0 saturated carbocycles. The predicted octanol–water partition coefficient (Wildman–Crippen LogP) is 0.952. The summed E-state index contributed by atoms with van der Waals surface area (Å²) in [6.07, 6.45) is 4.38. The maximum Gasteiger partial charge on any atom is 0.228 e. The van der Waals surface area contributed by atoms with Crippen molar-refractivity contribution in [3.05, 3.63) is 42.0 Å². The number of hydrogen-bond donors (Lipinski definition) is 1. The van der Waals surface area contributed by atoms with Crippen LogP contribution < -0.4 is 9.64 Å². The topological polar surface area (TPSA) is 133 Å². The Labute approximate surface area is 190 Å². The van der Waals surface area contributed by atoms with E-state index in [4.69, 9.17) is 10.00 Å². The van der Waals surface area contributed by atoms with Gasteiger partial charge in [-0.25, -0.2) is 0 Å². The van der Waals surface area contributed by atoms with Crippen LogP contribution in [0, 0.1) is 16.7 Å². The first-order valence-corrected chi connectivity index (χ1v) is 10.8. The fraction of sp³-hybridized carbons (Fsp3) is 0.455. The molecule has 0 bridgehead atoms. The Morgan fingerprint density at radius 1 is 1.33 bits per heavy atom. The summed E-state index contributed by atoms with van der Waals surface area (Å²) in [6.45, 7) is 2.63. The van der Waals surface area contributed by atoms with Crippen molar-refractivity contribution in [2.75, 3.05) is 38.2 Å². The van der Waals surface area contributed by atoms with Gasteiger partial charge in [0.05, 0.1) is 12.8 Å². The van der Waals surface area contributed by atoms with E-state index < -0.39 is 6.10 Å². The van der Waals surface area contributed by atoms with Crippen LogP contribution in [0.4, 0.5) is 5.82 Å². The van der Waals surface area contributed by atoms with Crippen LogP contribution in [-0.2, 0) is 4.79 Å². The molecule has 33 heavy (non-hydrogen) atoms. The second-order valence-corrected chi connectivity index (χ2v) is 8.72. The molecule has 3 aromatic rings. The van der Waals surface area contributed by atoms with Gasteiger partial charge in [0.25, 0.3) is 0 Å². The molecule has 5 heterocycles. The van der Waals surface area contributed by atoms with Crippen LogP contribution in [0.15, 0.2) is 30.7 Å². The summed E-state index contributed by atoms with van der Waals surface area (Å²) < 4.78 is 6.79. The Balaban J connectivity index is 1.22. The molecule has 0 radical (unpaired) electrons. The van der Waals surface area contributed by atoms with E-state index >= 15 is 0 Å². The molecular weight excluding hydrogens is 424 g/mol. The van der Waals surface area contributed by atoms with Crippen molar-refractivity contribution in [3.8, 4) is 11.8 Å². The molecule has 11 heteroatoms. The summed E-state index contributed by atoms with van der Waals surface area (Å²) in [6, 6.07) is 7.26. The number of pyridine rings is 1. The molecular formula is C22H24N8O3. The molecule has 1 atom stereocenters. The lowest BCUT2D eigenvalue weighted by molar-refractivity contribution is -0.118. The minimum atomic E-state index is -0.790. The minimum Gasteiger partial charge on any atom is -0.495 e. The molecule has 2 fully saturated rings. The zero-order valence-corrected chi connectivity index (χ0v) is 18.3. The highest BCUT2D eigenvalue weighted by Crippen LogP contribution is 2.42. The van der Waals surface area contributed by atoms with E-state index in [0.29, 0.717) is 48.0 Å². The molecule has 2 aliphatic heterocycles. The van der Waals surface area contributed by atoms with Gasteiger partial charge in [-0.3, -0.25) is 14.7 Å². The van der Waals surface area contributed by atoms with Gasteiger partial charge >= 0.3 is 0 Å². The second-order valence-electron chi connectivity index (χ2n) is 8.72. The molecule has 0 aliphatic carbocycles. The van der Waals surface area contributed by atoms with E-state index in [9.17, 15) is 9.90 Å². The summed E-state index contributed by atoms with van der Waals surface area (Å²) in [5.41, 5.74) is 1.37. The lowest BCUT2D eigenvalue weighted by Gasteiger charge is -2.39. The highest BCUT2D eigenvalue weighted by Gasteiger charge is 2.46. The molecule has 0 unspecified atom stereocenters. The number of ether oxygens (including phenoxy) is 1. The van der Waals surface area contributed by atoms with Crippen molar-refractivity contribution < 1.29 is 14.6 Å². The summed E-state index contributed by atoms with van der Waals surface area (Å²) in [4.78, 5) is 21.0. The van der Waals surface area contributed by atoms with E-state index in [1.54, 1.807) is 15.5 Å². The Kier molecular flexibility index (Phi) is 5.39. The first kappa shape index (κ1) is 21.2. The predicted molar refractivity (Wildman–Crippen MR) is 116 cm³/mol. The van der Waals surface area contributed by atoms with Crippen LogP contribution in [0.1, 0.15) is 36.6 Å². The fourth-order valence-electron chi connectivity index (χ4n) is 4.74. The van der Waals surface area contributed by atoms with Crippen molar-refractivity contribution in [1.82, 2.24) is 29.7 Å². The van der Waals surface area contributed by atoms with Gasteiger partial charge in [0, 0.05) is 31.8 Å². The number of β-amino-alcohol motifs (C(OH)–C–C–N with tert-alkyl or cyclic N) is 1. The number of nitriles is 1. The molecule has 0 aromatic carbocycles. The number of nitrogens with zero attached hydrogens (tertiary/aromatic N) is 8. The van der Waals surface area contributed by atoms with E-state index in [1.807, 2.05) is 18.2 Å². The number of likely N-dealkylation sites (tertiary alicyclic amines) is 1. The number of anilines is 1. The first-order chi connectivity index (χ1) is 16.0. The number of fused-ring (bicyclic) bond motifs is 1. The second kappa shape index (κ2) is 8.38. The number of carbonyl (C=O) groups excluding carboxylic acids is 1. The Hall–Kier alpha value is -3.62. The van der Waals surface area contributed by atoms with Crippen LogP contribution >= 0.6 is 0 Å². The number of rotatable bonds is 5. The fourth-order valence-corrected chi connectivity index (χ4v) is 4.74. The average Bonchev–Trinajstić information content (AvgIpc) is 3.43. The molecule has 170 valence electrons. The zero-order valence-electron chi connectivity index (χ0n) is 18.3. The largest absolute Gasteiger partial charge is 0.495 e. The van der Waals surface area contributed by atoms with E-state index in [1.165, 1.54) is 19.6 Å². The summed E-state index contributed by atoms with van der Waals surface area (Å²) in [5.74, 6) is 1.10. The summed E-state index contributed by atoms with van der Waals surface area (Å²) in [5, 5.41) is 32.1. The van der Waals surface area contributed by atoms with Gasteiger partial charge in [0.1, 0.15) is 29.8 Å².